The highest BCUT2D eigenvalue weighted by molar-refractivity contribution is 7.13. The maximum atomic E-state index is 14.5. The summed E-state index contributed by atoms with van der Waals surface area (Å²) in [7, 11) is 0. The monoisotopic (exact) mass is 406 g/mol. The molecule has 28 heavy (non-hydrogen) atoms. The molecule has 2 aromatic carbocycles. The predicted molar refractivity (Wildman–Crippen MR) is 101 cm³/mol. The summed E-state index contributed by atoms with van der Waals surface area (Å²) in [4.78, 5) is 16.2. The van der Waals surface area contributed by atoms with Crippen LogP contribution in [-0.2, 0) is 6.61 Å². The van der Waals surface area contributed by atoms with Crippen LogP contribution >= 0.6 is 11.3 Å². The number of ether oxygens (including phenoxy) is 1. The summed E-state index contributed by atoms with van der Waals surface area (Å²) in [6, 6.07) is 7.21. The van der Waals surface area contributed by atoms with Gasteiger partial charge in [-0.3, -0.25) is 4.79 Å². The Labute approximate surface area is 164 Å². The number of carbonyl (C=O) groups excluding carboxylic acids is 1. The van der Waals surface area contributed by atoms with E-state index in [0.717, 1.165) is 29.5 Å². The second kappa shape index (κ2) is 8.43. The highest BCUT2D eigenvalue weighted by Gasteiger charge is 2.15. The summed E-state index contributed by atoms with van der Waals surface area (Å²) in [5.41, 5.74) is 0.752. The van der Waals surface area contributed by atoms with Crippen molar-refractivity contribution in [3.8, 4) is 16.3 Å². The smallest absolute Gasteiger partial charge is 0.270 e. The van der Waals surface area contributed by atoms with Crippen LogP contribution in [0, 0.1) is 17.5 Å². The number of thiazole rings is 1. The second-order valence-corrected chi connectivity index (χ2v) is 7.23. The van der Waals surface area contributed by atoms with Gasteiger partial charge < -0.3 is 10.1 Å². The van der Waals surface area contributed by atoms with Crippen LogP contribution in [0.5, 0.6) is 5.75 Å². The molecule has 0 saturated carbocycles. The van der Waals surface area contributed by atoms with Crippen LogP contribution in [0.15, 0.2) is 41.8 Å². The van der Waals surface area contributed by atoms with E-state index in [-0.39, 0.29) is 35.6 Å². The average Bonchev–Trinajstić information content (AvgIpc) is 3.08. The van der Waals surface area contributed by atoms with Gasteiger partial charge in [0, 0.05) is 29.1 Å². The Morgan fingerprint density at radius 2 is 1.86 bits per heavy atom. The highest BCUT2D eigenvalue weighted by Crippen LogP contribution is 2.29. The van der Waals surface area contributed by atoms with Crippen molar-refractivity contribution in [2.45, 2.75) is 26.5 Å². The fourth-order valence-corrected chi connectivity index (χ4v) is 3.28. The molecular formula is C20H17F3N2O2S. The predicted octanol–water partition coefficient (Wildman–Crippen LogP) is 4.94. The van der Waals surface area contributed by atoms with Crippen molar-refractivity contribution in [1.82, 2.24) is 10.3 Å². The van der Waals surface area contributed by atoms with Crippen molar-refractivity contribution < 1.29 is 22.7 Å². The van der Waals surface area contributed by atoms with Gasteiger partial charge in [0.25, 0.3) is 5.91 Å². The molecule has 1 N–H and O–H groups in total. The molecule has 0 aliphatic rings. The van der Waals surface area contributed by atoms with E-state index in [9.17, 15) is 18.0 Å². The summed E-state index contributed by atoms with van der Waals surface area (Å²) in [5, 5.41) is 4.66. The fourth-order valence-electron chi connectivity index (χ4n) is 2.46. The minimum atomic E-state index is -0.707. The molecule has 3 aromatic rings. The van der Waals surface area contributed by atoms with Gasteiger partial charge in [-0.25, -0.2) is 18.2 Å². The number of halogens is 3. The molecule has 0 aliphatic carbocycles. The van der Waals surface area contributed by atoms with Crippen molar-refractivity contribution in [2.75, 3.05) is 0 Å². The topological polar surface area (TPSA) is 51.2 Å². The first-order valence-electron chi connectivity index (χ1n) is 8.46. The molecule has 0 atom stereocenters. The Morgan fingerprint density at radius 1 is 1.14 bits per heavy atom. The van der Waals surface area contributed by atoms with Gasteiger partial charge in [0.05, 0.1) is 0 Å². The zero-order chi connectivity index (χ0) is 20.3. The van der Waals surface area contributed by atoms with Crippen LogP contribution in [-0.4, -0.2) is 16.9 Å². The summed E-state index contributed by atoms with van der Waals surface area (Å²) in [6.07, 6.45) is 0. The molecule has 0 radical (unpaired) electrons. The van der Waals surface area contributed by atoms with Gasteiger partial charge in [0.15, 0.2) is 0 Å². The van der Waals surface area contributed by atoms with E-state index in [1.165, 1.54) is 18.2 Å². The maximum absolute atomic E-state index is 14.5. The highest BCUT2D eigenvalue weighted by atomic mass is 32.1. The lowest BCUT2D eigenvalue weighted by Gasteiger charge is -2.08. The van der Waals surface area contributed by atoms with Gasteiger partial charge in [0.1, 0.15) is 40.5 Å². The molecule has 0 spiro atoms. The minimum absolute atomic E-state index is 0.0302. The van der Waals surface area contributed by atoms with Crippen LogP contribution in [0.1, 0.15) is 29.9 Å². The van der Waals surface area contributed by atoms with E-state index < -0.39 is 17.5 Å². The fraction of sp³-hybridized carbons (Fsp3) is 0.200. The lowest BCUT2D eigenvalue weighted by Crippen LogP contribution is -2.30. The Kier molecular flexibility index (Phi) is 5.99. The van der Waals surface area contributed by atoms with Crippen molar-refractivity contribution in [2.24, 2.45) is 0 Å². The molecule has 3 rings (SSSR count). The van der Waals surface area contributed by atoms with Crippen LogP contribution in [0.4, 0.5) is 13.2 Å². The van der Waals surface area contributed by atoms with Gasteiger partial charge in [-0.05, 0) is 43.7 Å². The van der Waals surface area contributed by atoms with Crippen LogP contribution < -0.4 is 10.1 Å². The molecular weight excluding hydrogens is 389 g/mol. The van der Waals surface area contributed by atoms with Crippen molar-refractivity contribution in [3.05, 3.63) is 70.5 Å². The standard InChI is InChI=1S/C20H17F3N2O2S/c1-11(2)24-19(26)18-10-28-20(25-18)16-4-3-15(8-17(16)23)27-9-12-5-13(21)7-14(22)6-12/h3-8,10-11H,9H2,1-2H3,(H,24,26). The number of rotatable bonds is 6. The number of benzene rings is 2. The summed E-state index contributed by atoms with van der Waals surface area (Å²) in [6.45, 7) is 3.56. The molecule has 0 aliphatic heterocycles. The zero-order valence-electron chi connectivity index (χ0n) is 15.1. The van der Waals surface area contributed by atoms with Crippen molar-refractivity contribution in [3.63, 3.8) is 0 Å². The molecule has 1 heterocycles. The zero-order valence-corrected chi connectivity index (χ0v) is 15.9. The molecule has 146 valence electrons. The van der Waals surface area contributed by atoms with E-state index >= 15 is 0 Å². The van der Waals surface area contributed by atoms with E-state index in [4.69, 9.17) is 4.74 Å². The Balaban J connectivity index is 1.72. The maximum Gasteiger partial charge on any atom is 0.270 e. The molecule has 0 fully saturated rings. The van der Waals surface area contributed by atoms with E-state index in [1.54, 1.807) is 5.38 Å². The summed E-state index contributed by atoms with van der Waals surface area (Å²) in [5.74, 6) is -2.10. The first-order chi connectivity index (χ1) is 13.3. The number of hydrogen-bond acceptors (Lipinski definition) is 4. The number of carbonyl (C=O) groups is 1. The Hall–Kier alpha value is -2.87. The number of aromatic nitrogens is 1. The van der Waals surface area contributed by atoms with Crippen LogP contribution in [0.3, 0.4) is 0 Å². The molecule has 8 heteroatoms. The van der Waals surface area contributed by atoms with Gasteiger partial charge in [0.2, 0.25) is 0 Å². The molecule has 4 nitrogen and oxygen atoms in total. The Morgan fingerprint density at radius 3 is 2.50 bits per heavy atom. The molecule has 0 bridgehead atoms. The number of hydrogen-bond donors (Lipinski definition) is 1. The van der Waals surface area contributed by atoms with Gasteiger partial charge in [-0.2, -0.15) is 0 Å². The first kappa shape index (κ1) is 19.9. The van der Waals surface area contributed by atoms with Crippen molar-refractivity contribution in [1.29, 1.82) is 0 Å². The Bertz CT molecular complexity index is 985. The van der Waals surface area contributed by atoms with E-state index in [2.05, 4.69) is 10.3 Å². The molecule has 1 amide bonds. The lowest BCUT2D eigenvalue weighted by atomic mass is 10.2. The normalized spacial score (nSPS) is 10.9. The average molecular weight is 406 g/mol. The van der Waals surface area contributed by atoms with E-state index in [1.807, 2.05) is 13.8 Å². The number of amides is 1. The third kappa shape index (κ3) is 4.89. The van der Waals surface area contributed by atoms with E-state index in [0.29, 0.717) is 10.6 Å². The minimum Gasteiger partial charge on any atom is -0.489 e. The number of nitrogens with one attached hydrogen (secondary N) is 1. The molecule has 0 saturated heterocycles. The third-order valence-electron chi connectivity index (χ3n) is 3.66. The SMILES string of the molecule is CC(C)NC(=O)c1csc(-c2ccc(OCc3cc(F)cc(F)c3)cc2F)n1. The number of nitrogens with zero attached hydrogens (tertiary/aromatic N) is 1. The third-order valence-corrected chi connectivity index (χ3v) is 4.53. The molecule has 0 unspecified atom stereocenters. The summed E-state index contributed by atoms with van der Waals surface area (Å²) >= 11 is 1.16. The van der Waals surface area contributed by atoms with Crippen molar-refractivity contribution >= 4 is 17.2 Å². The van der Waals surface area contributed by atoms with Gasteiger partial charge >= 0.3 is 0 Å². The first-order valence-corrected chi connectivity index (χ1v) is 9.34. The molecule has 1 aromatic heterocycles. The van der Waals surface area contributed by atoms with Crippen LogP contribution in [0.2, 0.25) is 0 Å². The largest absolute Gasteiger partial charge is 0.489 e. The quantitative estimate of drug-likeness (QED) is 0.631. The van der Waals surface area contributed by atoms with Gasteiger partial charge in [-0.1, -0.05) is 0 Å². The second-order valence-electron chi connectivity index (χ2n) is 6.37. The summed E-state index contributed by atoms with van der Waals surface area (Å²) < 4.78 is 46.3. The van der Waals surface area contributed by atoms with Crippen LogP contribution in [0.25, 0.3) is 10.6 Å². The van der Waals surface area contributed by atoms with Gasteiger partial charge in [-0.15, -0.1) is 11.3 Å². The lowest BCUT2D eigenvalue weighted by molar-refractivity contribution is 0.0939.